The van der Waals surface area contributed by atoms with Gasteiger partial charge in [-0.25, -0.2) is 4.98 Å². The maximum Gasteiger partial charge on any atom is 0.0961 e. The summed E-state index contributed by atoms with van der Waals surface area (Å²) in [7, 11) is 0. The quantitative estimate of drug-likeness (QED) is 0.888. The molecule has 2 rings (SSSR count). The molecule has 1 aliphatic rings. The molecule has 3 heteroatoms. The van der Waals surface area contributed by atoms with Crippen LogP contribution in [0.2, 0.25) is 0 Å². The van der Waals surface area contributed by atoms with Crippen LogP contribution in [0.4, 0.5) is 0 Å². The molecule has 1 aliphatic carbocycles. The Morgan fingerprint density at radius 1 is 1.35 bits per heavy atom. The van der Waals surface area contributed by atoms with E-state index in [9.17, 15) is 0 Å². The summed E-state index contributed by atoms with van der Waals surface area (Å²) in [5, 5.41) is 1.38. The first-order valence-corrected chi connectivity index (χ1v) is 7.50. The predicted octanol–water partition coefficient (Wildman–Crippen LogP) is 3.64. The first kappa shape index (κ1) is 13.0. The van der Waals surface area contributed by atoms with Crippen molar-refractivity contribution in [1.29, 1.82) is 0 Å². The Morgan fingerprint density at radius 2 is 2.00 bits per heavy atom. The van der Waals surface area contributed by atoms with Crippen LogP contribution >= 0.6 is 11.3 Å². The fourth-order valence-electron chi connectivity index (χ4n) is 2.47. The van der Waals surface area contributed by atoms with Crippen LogP contribution in [0, 0.1) is 12.3 Å². The minimum atomic E-state index is 0.199. The summed E-state index contributed by atoms with van der Waals surface area (Å²) in [4.78, 5) is 6.24. The molecule has 1 aromatic rings. The highest BCUT2D eigenvalue weighted by atomic mass is 32.1. The number of aryl methyl sites for hydroxylation is 1. The molecule has 1 saturated carbocycles. The molecule has 0 aromatic carbocycles. The van der Waals surface area contributed by atoms with E-state index in [0.29, 0.717) is 0 Å². The highest BCUT2D eigenvalue weighted by Gasteiger charge is 2.24. The van der Waals surface area contributed by atoms with Gasteiger partial charge in [-0.05, 0) is 38.1 Å². The standard InChI is InChI=1S/C14H24N2S/c1-10-12(8-14(2,3)9-15)17-13(16-10)11-6-4-5-7-11/h11H,4-9,15H2,1-3H3. The predicted molar refractivity (Wildman–Crippen MR) is 74.6 cm³/mol. The average molecular weight is 252 g/mol. The summed E-state index contributed by atoms with van der Waals surface area (Å²) >= 11 is 1.93. The van der Waals surface area contributed by atoms with Gasteiger partial charge in [0.2, 0.25) is 0 Å². The molecule has 0 amide bonds. The molecular formula is C14H24N2S. The topological polar surface area (TPSA) is 38.9 Å². The molecule has 17 heavy (non-hydrogen) atoms. The first-order chi connectivity index (χ1) is 8.02. The normalized spacial score (nSPS) is 17.9. The third kappa shape index (κ3) is 3.08. The lowest BCUT2D eigenvalue weighted by Crippen LogP contribution is -2.25. The molecular weight excluding hydrogens is 228 g/mol. The number of nitrogens with two attached hydrogens (primary N) is 1. The Labute approximate surface area is 109 Å². The van der Waals surface area contributed by atoms with Crippen LogP contribution in [0.1, 0.15) is 61.0 Å². The van der Waals surface area contributed by atoms with Gasteiger partial charge >= 0.3 is 0 Å². The van der Waals surface area contributed by atoms with Gasteiger partial charge in [-0.2, -0.15) is 0 Å². The lowest BCUT2D eigenvalue weighted by Gasteiger charge is -2.21. The molecule has 2 N–H and O–H groups in total. The van der Waals surface area contributed by atoms with E-state index in [2.05, 4.69) is 20.8 Å². The van der Waals surface area contributed by atoms with Crippen LogP contribution in [-0.4, -0.2) is 11.5 Å². The van der Waals surface area contributed by atoms with Crippen LogP contribution < -0.4 is 5.73 Å². The van der Waals surface area contributed by atoms with Gasteiger partial charge in [0, 0.05) is 10.8 Å². The van der Waals surface area contributed by atoms with Crippen molar-refractivity contribution in [2.45, 2.75) is 58.8 Å². The molecule has 0 saturated heterocycles. The Balaban J connectivity index is 2.13. The molecule has 0 atom stereocenters. The van der Waals surface area contributed by atoms with Crippen LogP contribution in [0.3, 0.4) is 0 Å². The summed E-state index contributed by atoms with van der Waals surface area (Å²) in [6.07, 6.45) is 6.51. The molecule has 0 unspecified atom stereocenters. The zero-order valence-corrected chi connectivity index (χ0v) is 12.1. The molecule has 0 bridgehead atoms. The van der Waals surface area contributed by atoms with Crippen molar-refractivity contribution >= 4 is 11.3 Å². The molecule has 0 aliphatic heterocycles. The van der Waals surface area contributed by atoms with E-state index in [1.165, 1.54) is 41.3 Å². The smallest absolute Gasteiger partial charge is 0.0961 e. The second-order valence-corrected chi connectivity index (χ2v) is 7.20. The molecule has 1 fully saturated rings. The first-order valence-electron chi connectivity index (χ1n) is 6.68. The molecule has 0 spiro atoms. The van der Waals surface area contributed by atoms with Crippen molar-refractivity contribution in [2.24, 2.45) is 11.1 Å². The van der Waals surface area contributed by atoms with E-state index in [1.807, 2.05) is 11.3 Å². The summed E-state index contributed by atoms with van der Waals surface area (Å²) in [5.41, 5.74) is 7.25. The summed E-state index contributed by atoms with van der Waals surface area (Å²) in [6.45, 7) is 7.36. The van der Waals surface area contributed by atoms with E-state index in [4.69, 9.17) is 10.7 Å². The number of hydrogen-bond donors (Lipinski definition) is 1. The zero-order chi connectivity index (χ0) is 12.5. The lowest BCUT2D eigenvalue weighted by molar-refractivity contribution is 0.379. The van der Waals surface area contributed by atoms with E-state index >= 15 is 0 Å². The third-order valence-corrected chi connectivity index (χ3v) is 5.13. The largest absolute Gasteiger partial charge is 0.330 e. The minimum absolute atomic E-state index is 0.199. The third-order valence-electron chi connectivity index (χ3n) is 3.81. The van der Waals surface area contributed by atoms with Crippen molar-refractivity contribution in [3.05, 3.63) is 15.6 Å². The number of rotatable bonds is 4. The number of thiazole rings is 1. The number of aromatic nitrogens is 1. The summed E-state index contributed by atoms with van der Waals surface area (Å²) in [6, 6.07) is 0. The summed E-state index contributed by atoms with van der Waals surface area (Å²) in [5.74, 6) is 0.744. The van der Waals surface area contributed by atoms with Crippen molar-refractivity contribution in [3.63, 3.8) is 0 Å². The molecule has 96 valence electrons. The monoisotopic (exact) mass is 252 g/mol. The fraction of sp³-hybridized carbons (Fsp3) is 0.786. The molecule has 1 aromatic heterocycles. The van der Waals surface area contributed by atoms with E-state index in [1.54, 1.807) is 0 Å². The second kappa shape index (κ2) is 5.07. The highest BCUT2D eigenvalue weighted by Crippen LogP contribution is 2.38. The number of hydrogen-bond acceptors (Lipinski definition) is 3. The average Bonchev–Trinajstić information content (AvgIpc) is 2.89. The van der Waals surface area contributed by atoms with Gasteiger partial charge in [0.15, 0.2) is 0 Å². The lowest BCUT2D eigenvalue weighted by atomic mass is 9.88. The van der Waals surface area contributed by atoms with Gasteiger partial charge < -0.3 is 5.73 Å². The van der Waals surface area contributed by atoms with Crippen LogP contribution in [0.15, 0.2) is 0 Å². The Bertz CT molecular complexity index is 376. The van der Waals surface area contributed by atoms with E-state index in [-0.39, 0.29) is 5.41 Å². The van der Waals surface area contributed by atoms with Gasteiger partial charge in [-0.1, -0.05) is 26.7 Å². The van der Waals surface area contributed by atoms with Gasteiger partial charge in [0.1, 0.15) is 0 Å². The summed E-state index contributed by atoms with van der Waals surface area (Å²) < 4.78 is 0. The van der Waals surface area contributed by atoms with Crippen molar-refractivity contribution in [2.75, 3.05) is 6.54 Å². The van der Waals surface area contributed by atoms with Crippen LogP contribution in [0.5, 0.6) is 0 Å². The molecule has 2 nitrogen and oxygen atoms in total. The number of nitrogens with zero attached hydrogens (tertiary/aromatic N) is 1. The van der Waals surface area contributed by atoms with Crippen molar-refractivity contribution < 1.29 is 0 Å². The Morgan fingerprint density at radius 3 is 2.59 bits per heavy atom. The maximum atomic E-state index is 5.82. The van der Waals surface area contributed by atoms with Crippen molar-refractivity contribution in [3.8, 4) is 0 Å². The molecule has 1 heterocycles. The Kier molecular flexibility index (Phi) is 3.88. The van der Waals surface area contributed by atoms with Crippen LogP contribution in [0.25, 0.3) is 0 Å². The fourth-order valence-corrected chi connectivity index (χ4v) is 3.96. The van der Waals surface area contributed by atoms with Crippen LogP contribution in [-0.2, 0) is 6.42 Å². The van der Waals surface area contributed by atoms with Gasteiger partial charge in [0.05, 0.1) is 10.7 Å². The molecule has 0 radical (unpaired) electrons. The van der Waals surface area contributed by atoms with Gasteiger partial charge in [-0.3, -0.25) is 0 Å². The SMILES string of the molecule is Cc1nc(C2CCCC2)sc1CC(C)(C)CN. The second-order valence-electron chi connectivity index (χ2n) is 6.09. The maximum absolute atomic E-state index is 5.82. The van der Waals surface area contributed by atoms with E-state index < -0.39 is 0 Å². The Hall–Kier alpha value is -0.410. The van der Waals surface area contributed by atoms with E-state index in [0.717, 1.165) is 18.9 Å². The minimum Gasteiger partial charge on any atom is -0.330 e. The zero-order valence-electron chi connectivity index (χ0n) is 11.3. The van der Waals surface area contributed by atoms with Gasteiger partial charge in [0.25, 0.3) is 0 Å². The van der Waals surface area contributed by atoms with Crippen molar-refractivity contribution in [1.82, 2.24) is 4.98 Å². The highest BCUT2D eigenvalue weighted by molar-refractivity contribution is 7.11. The van der Waals surface area contributed by atoms with Gasteiger partial charge in [-0.15, -0.1) is 11.3 Å².